The lowest BCUT2D eigenvalue weighted by atomic mass is 10.2. The van der Waals surface area contributed by atoms with Gasteiger partial charge >= 0.3 is 0 Å². The molecule has 0 aliphatic rings. The Morgan fingerprint density at radius 3 is 2.30 bits per heavy atom. The van der Waals surface area contributed by atoms with Gasteiger partial charge in [-0.2, -0.15) is 0 Å². The molecule has 4 aromatic rings. The van der Waals surface area contributed by atoms with E-state index in [1.54, 1.807) is 7.11 Å². The third-order valence-electron chi connectivity index (χ3n) is 6.62. The van der Waals surface area contributed by atoms with Crippen LogP contribution >= 0.6 is 0 Å². The number of fused-ring (bicyclic) bond motifs is 1. The number of imidazole rings is 1. The maximum atomic E-state index is 6.13. The quantitative estimate of drug-likeness (QED) is 0.168. The summed E-state index contributed by atoms with van der Waals surface area (Å²) in [5.74, 6) is 4.18. The first-order valence-corrected chi connectivity index (χ1v) is 13.4. The number of ether oxygens (including phenoxy) is 3. The van der Waals surface area contributed by atoms with Crippen molar-refractivity contribution in [2.45, 2.75) is 46.6 Å². The molecule has 0 spiro atoms. The van der Waals surface area contributed by atoms with Crippen molar-refractivity contribution < 1.29 is 14.2 Å². The van der Waals surface area contributed by atoms with Crippen LogP contribution in [0.15, 0.2) is 66.7 Å². The van der Waals surface area contributed by atoms with Gasteiger partial charge in [-0.1, -0.05) is 39.3 Å². The van der Waals surface area contributed by atoms with Gasteiger partial charge in [-0.15, -0.1) is 0 Å². The summed E-state index contributed by atoms with van der Waals surface area (Å²) in [7, 11) is 1.66. The molecule has 6 nitrogen and oxygen atoms in total. The van der Waals surface area contributed by atoms with Crippen LogP contribution in [0.5, 0.6) is 23.0 Å². The van der Waals surface area contributed by atoms with Crippen LogP contribution in [0.4, 0.5) is 0 Å². The fraction of sp³-hybridized carbons (Fsp3) is 0.387. The van der Waals surface area contributed by atoms with Crippen LogP contribution in [-0.2, 0) is 6.54 Å². The Labute approximate surface area is 220 Å². The number of hydrogen-bond acceptors (Lipinski definition) is 5. The molecule has 196 valence electrons. The van der Waals surface area contributed by atoms with Gasteiger partial charge in [0.05, 0.1) is 24.8 Å². The van der Waals surface area contributed by atoms with E-state index in [-0.39, 0.29) is 0 Å². The molecular weight excluding hydrogens is 462 g/mol. The minimum absolute atomic E-state index is 0.711. The molecule has 0 fully saturated rings. The summed E-state index contributed by atoms with van der Waals surface area (Å²) >= 11 is 0. The van der Waals surface area contributed by atoms with Crippen molar-refractivity contribution in [1.82, 2.24) is 14.5 Å². The lowest BCUT2D eigenvalue weighted by Gasteiger charge is -2.17. The summed E-state index contributed by atoms with van der Waals surface area (Å²) < 4.78 is 19.8. The summed E-state index contributed by atoms with van der Waals surface area (Å²) in [6.07, 6.45) is 3.21. The summed E-state index contributed by atoms with van der Waals surface area (Å²) in [4.78, 5) is 7.44. The molecule has 0 aliphatic heterocycles. The third-order valence-corrected chi connectivity index (χ3v) is 6.62. The van der Waals surface area contributed by atoms with E-state index in [0.717, 1.165) is 90.9 Å². The zero-order valence-electron chi connectivity index (χ0n) is 22.6. The van der Waals surface area contributed by atoms with Crippen molar-refractivity contribution in [3.63, 3.8) is 0 Å². The zero-order chi connectivity index (χ0) is 26.0. The second-order valence-corrected chi connectivity index (χ2v) is 9.13. The van der Waals surface area contributed by atoms with Crippen LogP contribution in [-0.4, -0.2) is 47.8 Å². The van der Waals surface area contributed by atoms with Gasteiger partial charge < -0.3 is 23.7 Å². The van der Waals surface area contributed by atoms with Crippen LogP contribution in [0.2, 0.25) is 0 Å². The Morgan fingerprint density at radius 1 is 0.811 bits per heavy atom. The van der Waals surface area contributed by atoms with Crippen LogP contribution in [0, 0.1) is 0 Å². The van der Waals surface area contributed by atoms with Crippen molar-refractivity contribution in [3.05, 3.63) is 66.7 Å². The Balaban J connectivity index is 1.56. The minimum Gasteiger partial charge on any atom is -0.497 e. The average molecular weight is 502 g/mol. The fourth-order valence-corrected chi connectivity index (χ4v) is 4.45. The molecule has 4 rings (SSSR count). The monoisotopic (exact) mass is 501 g/mol. The van der Waals surface area contributed by atoms with Crippen LogP contribution in [0.1, 0.15) is 40.0 Å². The Morgan fingerprint density at radius 2 is 1.57 bits per heavy atom. The molecule has 0 N–H and O–H groups in total. The van der Waals surface area contributed by atoms with Gasteiger partial charge in [0.25, 0.3) is 0 Å². The summed E-state index contributed by atoms with van der Waals surface area (Å²) in [6, 6.07) is 22.0. The van der Waals surface area contributed by atoms with E-state index in [1.807, 2.05) is 42.5 Å². The SMILES string of the molecule is CCCCn1c(-c2cccc(Oc3ccc(OC)cc3)c2)nc2ccc(OCCCN(CC)CC)cc21. The molecule has 37 heavy (non-hydrogen) atoms. The molecule has 6 heteroatoms. The van der Waals surface area contributed by atoms with Crippen molar-refractivity contribution in [2.75, 3.05) is 33.4 Å². The van der Waals surface area contributed by atoms with E-state index >= 15 is 0 Å². The topological polar surface area (TPSA) is 48.8 Å². The lowest BCUT2D eigenvalue weighted by Crippen LogP contribution is -2.25. The standard InChI is InChI=1S/C31H39N3O3/c1-5-8-20-34-30-23-27(36-21-10-19-33(6-2)7-3)17-18-29(30)32-31(34)24-11-9-12-28(22-24)37-26-15-13-25(35-4)14-16-26/h9,11-18,22-23H,5-8,10,19-21H2,1-4H3. The number of nitrogens with zero attached hydrogens (tertiary/aromatic N) is 3. The van der Waals surface area contributed by atoms with Gasteiger partial charge in [0.1, 0.15) is 28.8 Å². The average Bonchev–Trinajstić information content (AvgIpc) is 3.30. The Hall–Kier alpha value is -3.51. The molecule has 1 aromatic heterocycles. The van der Waals surface area contributed by atoms with Gasteiger partial charge in [0.2, 0.25) is 0 Å². The molecule has 0 radical (unpaired) electrons. The van der Waals surface area contributed by atoms with E-state index in [2.05, 4.69) is 54.5 Å². The predicted molar refractivity (Wildman–Crippen MR) is 151 cm³/mol. The molecule has 0 atom stereocenters. The summed E-state index contributed by atoms with van der Waals surface area (Å²) in [5, 5.41) is 0. The highest BCUT2D eigenvalue weighted by atomic mass is 16.5. The van der Waals surface area contributed by atoms with Gasteiger partial charge in [0.15, 0.2) is 0 Å². The van der Waals surface area contributed by atoms with Crippen LogP contribution < -0.4 is 14.2 Å². The second-order valence-electron chi connectivity index (χ2n) is 9.13. The molecule has 3 aromatic carbocycles. The fourth-order valence-electron chi connectivity index (χ4n) is 4.45. The number of aromatic nitrogens is 2. The third kappa shape index (κ3) is 6.83. The number of aryl methyl sites for hydroxylation is 1. The first kappa shape index (κ1) is 26.6. The Kier molecular flexibility index (Phi) is 9.44. The van der Waals surface area contributed by atoms with Crippen molar-refractivity contribution in [1.29, 1.82) is 0 Å². The zero-order valence-corrected chi connectivity index (χ0v) is 22.6. The normalized spacial score (nSPS) is 11.3. The molecule has 0 unspecified atom stereocenters. The smallest absolute Gasteiger partial charge is 0.141 e. The number of hydrogen-bond donors (Lipinski definition) is 0. The molecule has 0 amide bonds. The maximum absolute atomic E-state index is 6.13. The first-order valence-electron chi connectivity index (χ1n) is 13.4. The summed E-state index contributed by atoms with van der Waals surface area (Å²) in [5.41, 5.74) is 3.11. The van der Waals surface area contributed by atoms with Gasteiger partial charge in [0, 0.05) is 24.7 Å². The molecule has 1 heterocycles. The van der Waals surface area contributed by atoms with E-state index in [4.69, 9.17) is 19.2 Å². The highest BCUT2D eigenvalue weighted by Crippen LogP contribution is 2.32. The highest BCUT2D eigenvalue weighted by molar-refractivity contribution is 5.82. The predicted octanol–water partition coefficient (Wildman–Crippen LogP) is 7.42. The second kappa shape index (κ2) is 13.2. The van der Waals surface area contributed by atoms with Crippen molar-refractivity contribution in [3.8, 4) is 34.4 Å². The molecule has 0 saturated carbocycles. The maximum Gasteiger partial charge on any atom is 0.141 e. The lowest BCUT2D eigenvalue weighted by molar-refractivity contribution is 0.249. The van der Waals surface area contributed by atoms with E-state index in [9.17, 15) is 0 Å². The first-order chi connectivity index (χ1) is 18.1. The van der Waals surface area contributed by atoms with Gasteiger partial charge in [-0.25, -0.2) is 4.98 Å². The number of unbranched alkanes of at least 4 members (excludes halogenated alkanes) is 1. The molecule has 0 aliphatic carbocycles. The van der Waals surface area contributed by atoms with Gasteiger partial charge in [-0.3, -0.25) is 0 Å². The van der Waals surface area contributed by atoms with Gasteiger partial charge in [-0.05, 0) is 74.5 Å². The highest BCUT2D eigenvalue weighted by Gasteiger charge is 2.14. The Bertz CT molecular complexity index is 1260. The molecule has 0 saturated heterocycles. The summed E-state index contributed by atoms with van der Waals surface area (Å²) in [6.45, 7) is 11.4. The van der Waals surface area contributed by atoms with Crippen LogP contribution in [0.25, 0.3) is 22.4 Å². The largest absolute Gasteiger partial charge is 0.497 e. The molecular formula is C31H39N3O3. The number of rotatable bonds is 14. The number of benzene rings is 3. The molecule has 0 bridgehead atoms. The van der Waals surface area contributed by atoms with E-state index in [0.29, 0.717) is 6.61 Å². The van der Waals surface area contributed by atoms with E-state index < -0.39 is 0 Å². The minimum atomic E-state index is 0.711. The van der Waals surface area contributed by atoms with Crippen molar-refractivity contribution >= 4 is 11.0 Å². The number of methoxy groups -OCH3 is 1. The van der Waals surface area contributed by atoms with E-state index in [1.165, 1.54) is 0 Å². The van der Waals surface area contributed by atoms with Crippen molar-refractivity contribution in [2.24, 2.45) is 0 Å². The van der Waals surface area contributed by atoms with Crippen LogP contribution in [0.3, 0.4) is 0 Å².